The maximum Gasteiger partial charge on any atom is 0.0602 e. The molecule has 1 rings (SSSR count). The summed E-state index contributed by atoms with van der Waals surface area (Å²) < 4.78 is 0. The quantitative estimate of drug-likeness (QED) is 0.769. The third-order valence-corrected chi connectivity index (χ3v) is 3.89. The minimum Gasteiger partial charge on any atom is -0.395 e. The summed E-state index contributed by atoms with van der Waals surface area (Å²) in [6.45, 7) is 11.1. The van der Waals surface area contributed by atoms with Crippen molar-refractivity contribution < 1.29 is 5.11 Å². The zero-order valence-corrected chi connectivity index (χ0v) is 11.2. The molecular weight excluding hydrogens is 200 g/mol. The number of rotatable bonds is 3. The average molecular weight is 228 g/mol. The highest BCUT2D eigenvalue weighted by Gasteiger charge is 2.33. The molecule has 1 aliphatic heterocycles. The zero-order valence-electron chi connectivity index (χ0n) is 11.2. The van der Waals surface area contributed by atoms with Gasteiger partial charge in [-0.3, -0.25) is 4.90 Å². The van der Waals surface area contributed by atoms with Gasteiger partial charge in [0.2, 0.25) is 0 Å². The fourth-order valence-electron chi connectivity index (χ4n) is 2.39. The molecule has 1 heterocycles. The van der Waals surface area contributed by atoms with Gasteiger partial charge in [-0.25, -0.2) is 0 Å². The lowest BCUT2D eigenvalue weighted by Gasteiger charge is -2.42. The average Bonchev–Trinajstić information content (AvgIpc) is 2.20. The maximum absolute atomic E-state index is 9.56. The van der Waals surface area contributed by atoms with Gasteiger partial charge in [-0.15, -0.1) is 0 Å². The van der Waals surface area contributed by atoms with Crippen LogP contribution in [0.4, 0.5) is 0 Å². The second kappa shape index (κ2) is 5.48. The summed E-state index contributed by atoms with van der Waals surface area (Å²) in [4.78, 5) is 2.37. The molecule has 3 heteroatoms. The molecule has 0 aromatic rings. The van der Waals surface area contributed by atoms with Gasteiger partial charge < -0.3 is 10.8 Å². The van der Waals surface area contributed by atoms with Crippen LogP contribution in [0.1, 0.15) is 40.5 Å². The molecular formula is C13H28N2O. The van der Waals surface area contributed by atoms with Crippen LogP contribution in [0.5, 0.6) is 0 Å². The molecule has 16 heavy (non-hydrogen) atoms. The first-order chi connectivity index (χ1) is 7.36. The molecule has 0 aromatic heterocycles. The molecule has 0 aromatic carbocycles. The van der Waals surface area contributed by atoms with Crippen molar-refractivity contribution in [3.63, 3.8) is 0 Å². The number of hydrogen-bond acceptors (Lipinski definition) is 3. The number of likely N-dealkylation sites (tertiary alicyclic amines) is 1. The van der Waals surface area contributed by atoms with Gasteiger partial charge in [0.25, 0.3) is 0 Å². The molecule has 2 unspecified atom stereocenters. The molecule has 1 aliphatic rings. The molecule has 0 bridgehead atoms. The van der Waals surface area contributed by atoms with Crippen LogP contribution in [0.15, 0.2) is 0 Å². The van der Waals surface area contributed by atoms with Crippen molar-refractivity contribution in [3.8, 4) is 0 Å². The highest BCUT2D eigenvalue weighted by Crippen LogP contribution is 2.25. The third kappa shape index (κ3) is 3.44. The van der Waals surface area contributed by atoms with Crippen molar-refractivity contribution in [1.82, 2.24) is 4.90 Å². The normalized spacial score (nSPS) is 24.4. The topological polar surface area (TPSA) is 49.5 Å². The van der Waals surface area contributed by atoms with Crippen molar-refractivity contribution in [2.24, 2.45) is 17.1 Å². The highest BCUT2D eigenvalue weighted by molar-refractivity contribution is 4.91. The van der Waals surface area contributed by atoms with Crippen LogP contribution < -0.4 is 5.73 Å². The number of piperidine rings is 1. The minimum atomic E-state index is 0.0332. The summed E-state index contributed by atoms with van der Waals surface area (Å²) in [7, 11) is 0. The Hall–Kier alpha value is -0.120. The Morgan fingerprint density at radius 1 is 1.31 bits per heavy atom. The van der Waals surface area contributed by atoms with Gasteiger partial charge in [-0.05, 0) is 37.3 Å². The molecule has 0 spiro atoms. The van der Waals surface area contributed by atoms with Gasteiger partial charge in [0, 0.05) is 12.1 Å². The molecule has 2 atom stereocenters. The van der Waals surface area contributed by atoms with Crippen molar-refractivity contribution >= 4 is 0 Å². The van der Waals surface area contributed by atoms with Gasteiger partial charge >= 0.3 is 0 Å². The molecule has 0 radical (unpaired) electrons. The molecule has 0 amide bonds. The van der Waals surface area contributed by atoms with Crippen LogP contribution in [0, 0.1) is 11.3 Å². The second-order valence-corrected chi connectivity index (χ2v) is 6.36. The molecule has 0 aliphatic carbocycles. The summed E-state index contributed by atoms with van der Waals surface area (Å²) >= 11 is 0. The predicted molar refractivity (Wildman–Crippen MR) is 68.3 cm³/mol. The van der Waals surface area contributed by atoms with Crippen LogP contribution in [-0.2, 0) is 0 Å². The summed E-state index contributed by atoms with van der Waals surface area (Å²) in [6, 6.07) is 0.151. The summed E-state index contributed by atoms with van der Waals surface area (Å²) in [6.07, 6.45) is 2.46. The van der Waals surface area contributed by atoms with E-state index in [4.69, 9.17) is 5.73 Å². The Balaban J connectivity index is 2.60. The fourth-order valence-corrected chi connectivity index (χ4v) is 2.39. The van der Waals surface area contributed by atoms with Crippen molar-refractivity contribution in [1.29, 1.82) is 0 Å². The van der Waals surface area contributed by atoms with Gasteiger partial charge in [-0.2, -0.15) is 0 Å². The van der Waals surface area contributed by atoms with Crippen molar-refractivity contribution in [2.75, 3.05) is 19.7 Å². The largest absolute Gasteiger partial charge is 0.395 e. The number of hydrogen-bond donors (Lipinski definition) is 2. The smallest absolute Gasteiger partial charge is 0.0602 e. The van der Waals surface area contributed by atoms with E-state index in [1.54, 1.807) is 0 Å². The Morgan fingerprint density at radius 2 is 1.81 bits per heavy atom. The first kappa shape index (κ1) is 13.9. The Bertz CT molecular complexity index is 204. The van der Waals surface area contributed by atoms with E-state index in [2.05, 4.69) is 32.6 Å². The van der Waals surface area contributed by atoms with Gasteiger partial charge in [0.15, 0.2) is 0 Å². The van der Waals surface area contributed by atoms with Gasteiger partial charge in [-0.1, -0.05) is 27.7 Å². The summed E-state index contributed by atoms with van der Waals surface area (Å²) in [5, 5.41) is 9.56. The summed E-state index contributed by atoms with van der Waals surface area (Å²) in [5.41, 5.74) is 6.32. The van der Waals surface area contributed by atoms with E-state index in [9.17, 15) is 5.11 Å². The van der Waals surface area contributed by atoms with E-state index in [1.165, 1.54) is 12.8 Å². The van der Waals surface area contributed by atoms with E-state index in [-0.39, 0.29) is 24.1 Å². The van der Waals surface area contributed by atoms with Gasteiger partial charge in [0.1, 0.15) is 0 Å². The Kier molecular flexibility index (Phi) is 4.77. The minimum absolute atomic E-state index is 0.0332. The van der Waals surface area contributed by atoms with E-state index < -0.39 is 0 Å². The lowest BCUT2D eigenvalue weighted by molar-refractivity contribution is 0.0481. The number of aliphatic hydroxyl groups is 1. The van der Waals surface area contributed by atoms with Crippen molar-refractivity contribution in [2.45, 2.75) is 52.6 Å². The molecule has 96 valence electrons. The van der Waals surface area contributed by atoms with Crippen LogP contribution >= 0.6 is 0 Å². The second-order valence-electron chi connectivity index (χ2n) is 6.36. The molecule has 0 saturated carbocycles. The first-order valence-corrected chi connectivity index (χ1v) is 6.46. The highest BCUT2D eigenvalue weighted by atomic mass is 16.3. The molecule has 1 saturated heterocycles. The number of nitrogens with two attached hydrogens (primary N) is 1. The lowest BCUT2D eigenvalue weighted by Crippen LogP contribution is -2.57. The molecule has 3 N–H and O–H groups in total. The Morgan fingerprint density at radius 3 is 2.19 bits per heavy atom. The molecule has 1 fully saturated rings. The van der Waals surface area contributed by atoms with E-state index in [0.29, 0.717) is 0 Å². The van der Waals surface area contributed by atoms with Crippen LogP contribution in [-0.4, -0.2) is 41.8 Å². The monoisotopic (exact) mass is 228 g/mol. The van der Waals surface area contributed by atoms with Crippen LogP contribution in [0.25, 0.3) is 0 Å². The SMILES string of the molecule is CC1CCN(C(CO)C(N)C(C)(C)C)CC1. The summed E-state index contributed by atoms with van der Waals surface area (Å²) in [5.74, 6) is 0.821. The maximum atomic E-state index is 9.56. The van der Waals surface area contributed by atoms with E-state index in [0.717, 1.165) is 19.0 Å². The fraction of sp³-hybridized carbons (Fsp3) is 1.00. The first-order valence-electron chi connectivity index (χ1n) is 6.46. The number of aliphatic hydroxyl groups excluding tert-OH is 1. The van der Waals surface area contributed by atoms with Crippen molar-refractivity contribution in [3.05, 3.63) is 0 Å². The number of nitrogens with zero attached hydrogens (tertiary/aromatic N) is 1. The molecule has 3 nitrogen and oxygen atoms in total. The lowest BCUT2D eigenvalue weighted by atomic mass is 9.81. The zero-order chi connectivity index (χ0) is 12.3. The predicted octanol–water partition coefficient (Wildman–Crippen LogP) is 1.45. The van der Waals surface area contributed by atoms with E-state index >= 15 is 0 Å². The van der Waals surface area contributed by atoms with Crippen LogP contribution in [0.2, 0.25) is 0 Å². The van der Waals surface area contributed by atoms with E-state index in [1.807, 2.05) is 0 Å². The Labute approximate surface area is 100 Å². The third-order valence-electron chi connectivity index (χ3n) is 3.89. The van der Waals surface area contributed by atoms with Gasteiger partial charge in [0.05, 0.1) is 6.61 Å². The van der Waals surface area contributed by atoms with Crippen LogP contribution in [0.3, 0.4) is 0 Å². The standard InChI is InChI=1S/C13H28N2O/c1-10-5-7-15(8-6-10)11(9-16)12(14)13(2,3)4/h10-12,16H,5-9,14H2,1-4H3.